The number of anilines is 1. The minimum atomic E-state index is -0.0596. The Bertz CT molecular complexity index is 751. The number of benzene rings is 2. The van der Waals surface area contributed by atoms with Gasteiger partial charge in [0.25, 0.3) is 0 Å². The lowest BCUT2D eigenvalue weighted by Crippen LogP contribution is -2.12. The molecule has 1 N–H and O–H groups in total. The zero-order valence-electron chi connectivity index (χ0n) is 15.8. The van der Waals surface area contributed by atoms with E-state index >= 15 is 0 Å². The molecular weight excluding hydrogens is 350 g/mol. The third kappa shape index (κ3) is 5.08. The molecule has 0 aliphatic carbocycles. The predicted molar refractivity (Wildman–Crippen MR) is 106 cm³/mol. The summed E-state index contributed by atoms with van der Waals surface area (Å²) in [5.41, 5.74) is 3.15. The zero-order chi connectivity index (χ0) is 19.1. The van der Waals surface area contributed by atoms with Crippen LogP contribution in [-0.4, -0.2) is 33.0 Å². The van der Waals surface area contributed by atoms with Gasteiger partial charge in [-0.25, -0.2) is 0 Å². The molecule has 0 radical (unpaired) electrons. The first-order chi connectivity index (χ1) is 12.5. The number of rotatable bonds is 8. The van der Waals surface area contributed by atoms with Crippen LogP contribution in [0.4, 0.5) is 5.69 Å². The van der Waals surface area contributed by atoms with Crippen molar-refractivity contribution in [2.45, 2.75) is 25.2 Å². The molecule has 2 aromatic carbocycles. The van der Waals surface area contributed by atoms with E-state index in [4.69, 9.17) is 14.2 Å². The first-order valence-corrected chi connectivity index (χ1v) is 9.27. The molecular formula is C20H25NO4S. The molecule has 6 heteroatoms. The maximum Gasteiger partial charge on any atom is 0.225 e. The van der Waals surface area contributed by atoms with Crippen molar-refractivity contribution in [3.8, 4) is 17.2 Å². The number of hydrogen-bond donors (Lipinski definition) is 1. The number of carbonyl (C=O) groups is 1. The van der Waals surface area contributed by atoms with Crippen molar-refractivity contribution in [3.05, 3.63) is 41.5 Å². The summed E-state index contributed by atoms with van der Waals surface area (Å²) in [6.45, 7) is 4.19. The summed E-state index contributed by atoms with van der Waals surface area (Å²) < 4.78 is 15.9. The van der Waals surface area contributed by atoms with Crippen molar-refractivity contribution < 1.29 is 19.0 Å². The van der Waals surface area contributed by atoms with Crippen LogP contribution >= 0.6 is 11.8 Å². The predicted octanol–water partition coefficient (Wildman–Crippen LogP) is 4.45. The Labute approximate surface area is 159 Å². The van der Waals surface area contributed by atoms with E-state index in [9.17, 15) is 4.79 Å². The second-order valence-electron chi connectivity index (χ2n) is 5.81. The molecule has 0 aliphatic heterocycles. The van der Waals surface area contributed by atoms with E-state index in [1.807, 2.05) is 0 Å². The summed E-state index contributed by atoms with van der Waals surface area (Å²) in [4.78, 5) is 13.4. The minimum Gasteiger partial charge on any atom is -0.493 e. The number of aryl methyl sites for hydroxylation is 2. The topological polar surface area (TPSA) is 56.8 Å². The third-order valence-corrected chi connectivity index (χ3v) is 5.02. The molecule has 2 rings (SSSR count). The Balaban J connectivity index is 1.95. The van der Waals surface area contributed by atoms with Gasteiger partial charge in [0.05, 0.1) is 21.3 Å². The van der Waals surface area contributed by atoms with Gasteiger partial charge in [-0.3, -0.25) is 4.79 Å². The van der Waals surface area contributed by atoms with Crippen LogP contribution in [0.15, 0.2) is 35.2 Å². The summed E-state index contributed by atoms with van der Waals surface area (Å²) in [6.07, 6.45) is 0.411. The van der Waals surface area contributed by atoms with Gasteiger partial charge < -0.3 is 19.5 Å². The van der Waals surface area contributed by atoms with Gasteiger partial charge in [-0.15, -0.1) is 11.8 Å². The minimum absolute atomic E-state index is 0.0596. The normalized spacial score (nSPS) is 10.3. The molecule has 5 nitrogen and oxygen atoms in total. The van der Waals surface area contributed by atoms with E-state index in [1.165, 1.54) is 16.0 Å². The highest BCUT2D eigenvalue weighted by Gasteiger charge is 2.14. The number of thioether (sulfide) groups is 1. The second kappa shape index (κ2) is 9.38. The lowest BCUT2D eigenvalue weighted by molar-refractivity contribution is -0.115. The fourth-order valence-electron chi connectivity index (χ4n) is 2.44. The lowest BCUT2D eigenvalue weighted by Gasteiger charge is -2.14. The van der Waals surface area contributed by atoms with E-state index in [0.717, 1.165) is 0 Å². The quantitative estimate of drug-likeness (QED) is 0.691. The fourth-order valence-corrected chi connectivity index (χ4v) is 3.39. The van der Waals surface area contributed by atoms with Crippen LogP contribution in [0.25, 0.3) is 0 Å². The largest absolute Gasteiger partial charge is 0.493 e. The molecule has 0 bridgehead atoms. The van der Waals surface area contributed by atoms with Gasteiger partial charge in [-0.2, -0.15) is 0 Å². The van der Waals surface area contributed by atoms with Crippen molar-refractivity contribution in [2.75, 3.05) is 32.4 Å². The van der Waals surface area contributed by atoms with Crippen LogP contribution in [0.1, 0.15) is 17.5 Å². The van der Waals surface area contributed by atoms with Crippen molar-refractivity contribution >= 4 is 23.4 Å². The van der Waals surface area contributed by atoms with Crippen LogP contribution < -0.4 is 19.5 Å². The van der Waals surface area contributed by atoms with Crippen LogP contribution in [0.3, 0.4) is 0 Å². The average molecular weight is 375 g/mol. The number of amides is 1. The maximum absolute atomic E-state index is 12.2. The van der Waals surface area contributed by atoms with Gasteiger partial charge in [0.15, 0.2) is 11.5 Å². The summed E-state index contributed by atoms with van der Waals surface area (Å²) in [6, 6.07) is 9.78. The molecule has 26 heavy (non-hydrogen) atoms. The molecule has 140 valence electrons. The molecule has 0 saturated carbocycles. The van der Waals surface area contributed by atoms with Crippen molar-refractivity contribution in [1.29, 1.82) is 0 Å². The van der Waals surface area contributed by atoms with Crippen molar-refractivity contribution in [1.82, 2.24) is 0 Å². The molecule has 0 aromatic heterocycles. The Hall–Kier alpha value is -2.34. The molecule has 0 fully saturated rings. The van der Waals surface area contributed by atoms with E-state index in [-0.39, 0.29) is 5.91 Å². The summed E-state index contributed by atoms with van der Waals surface area (Å²) in [5, 5.41) is 2.88. The summed E-state index contributed by atoms with van der Waals surface area (Å²) >= 11 is 1.67. The van der Waals surface area contributed by atoms with E-state index in [1.54, 1.807) is 45.2 Å². The maximum atomic E-state index is 12.2. The van der Waals surface area contributed by atoms with Crippen LogP contribution in [-0.2, 0) is 4.79 Å². The van der Waals surface area contributed by atoms with E-state index in [0.29, 0.717) is 35.1 Å². The molecule has 1 amide bonds. The highest BCUT2D eigenvalue weighted by atomic mass is 32.2. The average Bonchev–Trinajstić information content (AvgIpc) is 2.63. The molecule has 0 aliphatic rings. The van der Waals surface area contributed by atoms with E-state index < -0.39 is 0 Å². The molecule has 0 saturated heterocycles. The zero-order valence-corrected chi connectivity index (χ0v) is 16.7. The first-order valence-electron chi connectivity index (χ1n) is 8.28. The number of nitrogens with one attached hydrogen (secondary N) is 1. The number of carbonyl (C=O) groups excluding carboxylic acids is 1. The van der Waals surface area contributed by atoms with Gasteiger partial charge >= 0.3 is 0 Å². The van der Waals surface area contributed by atoms with Crippen LogP contribution in [0, 0.1) is 13.8 Å². The van der Waals surface area contributed by atoms with Crippen LogP contribution in [0.2, 0.25) is 0 Å². The molecule has 2 aromatic rings. The Morgan fingerprint density at radius 3 is 2.15 bits per heavy atom. The molecule has 0 spiro atoms. The van der Waals surface area contributed by atoms with Gasteiger partial charge in [-0.1, -0.05) is 6.07 Å². The SMILES string of the molecule is COc1cc(NC(=O)CCSc2ccc(C)c(C)c2)cc(OC)c1OC. The van der Waals surface area contributed by atoms with Crippen molar-refractivity contribution in [3.63, 3.8) is 0 Å². The third-order valence-electron chi connectivity index (χ3n) is 4.02. The first kappa shape index (κ1) is 20.0. The van der Waals surface area contributed by atoms with Crippen molar-refractivity contribution in [2.24, 2.45) is 0 Å². The lowest BCUT2D eigenvalue weighted by atomic mass is 10.1. The van der Waals surface area contributed by atoms with E-state index in [2.05, 4.69) is 37.4 Å². The molecule has 0 heterocycles. The Kier molecular flexibility index (Phi) is 7.21. The highest BCUT2D eigenvalue weighted by Crippen LogP contribution is 2.39. The fraction of sp³-hybridized carbons (Fsp3) is 0.350. The number of ether oxygens (including phenoxy) is 3. The highest BCUT2D eigenvalue weighted by molar-refractivity contribution is 7.99. The van der Waals surface area contributed by atoms with Gasteiger partial charge in [-0.05, 0) is 37.1 Å². The van der Waals surface area contributed by atoms with Gasteiger partial charge in [0.2, 0.25) is 11.7 Å². The van der Waals surface area contributed by atoms with Gasteiger partial charge in [0.1, 0.15) is 0 Å². The Morgan fingerprint density at radius 1 is 0.962 bits per heavy atom. The van der Waals surface area contributed by atoms with Crippen LogP contribution in [0.5, 0.6) is 17.2 Å². The Morgan fingerprint density at radius 2 is 1.62 bits per heavy atom. The van der Waals surface area contributed by atoms with Gasteiger partial charge in [0, 0.05) is 34.9 Å². The standard InChI is InChI=1S/C20H25NO4S/c1-13-6-7-16(10-14(13)2)26-9-8-19(22)21-15-11-17(23-3)20(25-5)18(12-15)24-4/h6-7,10-12H,8-9H2,1-5H3,(H,21,22). The summed E-state index contributed by atoms with van der Waals surface area (Å²) in [5.74, 6) is 2.16. The smallest absolute Gasteiger partial charge is 0.225 e. The molecule has 0 atom stereocenters. The second-order valence-corrected chi connectivity index (χ2v) is 6.98. The molecule has 0 unspecified atom stereocenters. The number of methoxy groups -OCH3 is 3. The summed E-state index contributed by atoms with van der Waals surface area (Å²) in [7, 11) is 4.63. The number of hydrogen-bond acceptors (Lipinski definition) is 5. The monoisotopic (exact) mass is 375 g/mol.